The maximum absolute atomic E-state index is 12.3. The fourth-order valence-corrected chi connectivity index (χ4v) is 2.42. The molecule has 1 N–H and O–H groups in total. The highest BCUT2D eigenvalue weighted by Gasteiger charge is 2.13. The Morgan fingerprint density at radius 3 is 2.95 bits per heavy atom. The molecule has 0 saturated carbocycles. The van der Waals surface area contributed by atoms with E-state index in [0.717, 1.165) is 17.4 Å². The number of anilines is 1. The molecule has 0 aliphatic carbocycles. The summed E-state index contributed by atoms with van der Waals surface area (Å²) in [5, 5.41) is 11.7. The molecule has 2 rings (SSSR count). The summed E-state index contributed by atoms with van der Waals surface area (Å²) in [7, 11) is 0. The first-order valence-corrected chi connectivity index (χ1v) is 7.10. The van der Waals surface area contributed by atoms with Gasteiger partial charge in [0, 0.05) is 22.9 Å². The van der Waals surface area contributed by atoms with Crippen LogP contribution in [-0.4, -0.2) is 10.5 Å². The summed E-state index contributed by atoms with van der Waals surface area (Å²) in [6, 6.07) is 10.7. The van der Waals surface area contributed by atoms with Crippen molar-refractivity contribution in [1.29, 1.82) is 5.26 Å². The molecule has 0 saturated heterocycles. The highest BCUT2D eigenvalue weighted by molar-refractivity contribution is 9.10. The summed E-state index contributed by atoms with van der Waals surface area (Å²) >= 11 is 3.39. The van der Waals surface area contributed by atoms with Crippen LogP contribution in [-0.2, 0) is 6.54 Å². The molecular formula is C15H14BrN3O. The molecule has 0 bridgehead atoms. The molecule has 5 heteroatoms. The Bertz CT molecular complexity index is 670. The van der Waals surface area contributed by atoms with Crippen LogP contribution >= 0.6 is 15.9 Å². The van der Waals surface area contributed by atoms with E-state index in [0.29, 0.717) is 16.9 Å². The molecule has 4 nitrogen and oxygen atoms in total. The molecule has 1 heterocycles. The molecule has 102 valence electrons. The normalized spacial score (nSPS) is 10.1. The van der Waals surface area contributed by atoms with Crippen molar-refractivity contribution in [2.45, 2.75) is 19.9 Å². The Morgan fingerprint density at radius 2 is 2.25 bits per heavy atom. The number of nitriles is 1. The number of amides is 1. The van der Waals surface area contributed by atoms with E-state index in [1.165, 1.54) is 0 Å². The summed E-state index contributed by atoms with van der Waals surface area (Å²) < 4.78 is 2.79. The Morgan fingerprint density at radius 1 is 1.45 bits per heavy atom. The third-order valence-electron chi connectivity index (χ3n) is 2.81. The molecule has 0 radical (unpaired) electrons. The third kappa shape index (κ3) is 3.28. The van der Waals surface area contributed by atoms with Gasteiger partial charge in [0.05, 0.1) is 11.6 Å². The van der Waals surface area contributed by atoms with Gasteiger partial charge in [0.25, 0.3) is 5.91 Å². The van der Waals surface area contributed by atoms with E-state index in [9.17, 15) is 4.79 Å². The predicted octanol–water partition coefficient (Wildman–Crippen LogP) is 3.78. The van der Waals surface area contributed by atoms with Crippen LogP contribution in [0.2, 0.25) is 0 Å². The lowest BCUT2D eigenvalue weighted by Crippen LogP contribution is -2.16. The molecular weight excluding hydrogens is 318 g/mol. The van der Waals surface area contributed by atoms with Crippen LogP contribution in [0, 0.1) is 11.3 Å². The molecule has 1 aromatic carbocycles. The number of nitrogens with zero attached hydrogens (tertiary/aromatic N) is 2. The van der Waals surface area contributed by atoms with Crippen molar-refractivity contribution < 1.29 is 4.79 Å². The Hall–Kier alpha value is -2.06. The number of halogens is 1. The molecule has 0 fully saturated rings. The Kier molecular flexibility index (Phi) is 4.59. The lowest BCUT2D eigenvalue weighted by Gasteiger charge is -2.08. The number of aromatic nitrogens is 1. The van der Waals surface area contributed by atoms with Gasteiger partial charge < -0.3 is 9.88 Å². The molecule has 0 unspecified atom stereocenters. The average Bonchev–Trinajstić information content (AvgIpc) is 2.80. The van der Waals surface area contributed by atoms with E-state index in [4.69, 9.17) is 5.26 Å². The van der Waals surface area contributed by atoms with E-state index >= 15 is 0 Å². The maximum Gasteiger partial charge on any atom is 0.272 e. The largest absolute Gasteiger partial charge is 0.342 e. The van der Waals surface area contributed by atoms with E-state index in [2.05, 4.69) is 34.2 Å². The molecule has 1 amide bonds. The number of rotatable bonds is 4. The zero-order valence-corrected chi connectivity index (χ0v) is 12.6. The van der Waals surface area contributed by atoms with Gasteiger partial charge in [0.15, 0.2) is 0 Å². The van der Waals surface area contributed by atoms with E-state index < -0.39 is 0 Å². The van der Waals surface area contributed by atoms with Gasteiger partial charge in [-0.3, -0.25) is 4.79 Å². The SMILES string of the molecule is CCCn1cc(Br)cc1C(=O)Nc1cccc(C#N)c1. The molecule has 1 aromatic heterocycles. The number of carbonyl (C=O) groups excluding carboxylic acids is 1. The molecule has 0 aliphatic heterocycles. The first-order chi connectivity index (χ1) is 9.63. The van der Waals surface area contributed by atoms with Crippen LogP contribution in [0.4, 0.5) is 5.69 Å². The lowest BCUT2D eigenvalue weighted by atomic mass is 10.2. The van der Waals surface area contributed by atoms with Crippen molar-refractivity contribution in [2.75, 3.05) is 5.32 Å². The predicted molar refractivity (Wildman–Crippen MR) is 81.5 cm³/mol. The zero-order valence-electron chi connectivity index (χ0n) is 11.1. The van der Waals surface area contributed by atoms with Gasteiger partial charge in [-0.1, -0.05) is 13.0 Å². The van der Waals surface area contributed by atoms with Gasteiger partial charge in [-0.25, -0.2) is 0 Å². The maximum atomic E-state index is 12.3. The Labute approximate surface area is 126 Å². The number of nitrogens with one attached hydrogen (secondary N) is 1. The minimum Gasteiger partial charge on any atom is -0.342 e. The van der Waals surface area contributed by atoms with Crippen molar-refractivity contribution in [3.8, 4) is 6.07 Å². The topological polar surface area (TPSA) is 57.8 Å². The minimum atomic E-state index is -0.181. The van der Waals surface area contributed by atoms with Crippen LogP contribution in [0.5, 0.6) is 0 Å². The van der Waals surface area contributed by atoms with E-state index in [1.807, 2.05) is 10.8 Å². The van der Waals surface area contributed by atoms with E-state index in [-0.39, 0.29) is 5.91 Å². The molecule has 0 spiro atoms. The monoisotopic (exact) mass is 331 g/mol. The first kappa shape index (κ1) is 14.4. The van der Waals surface area contributed by atoms with Crippen molar-refractivity contribution in [2.24, 2.45) is 0 Å². The smallest absolute Gasteiger partial charge is 0.272 e. The average molecular weight is 332 g/mol. The second-order valence-electron chi connectivity index (χ2n) is 4.38. The van der Waals surface area contributed by atoms with Crippen LogP contribution in [0.25, 0.3) is 0 Å². The first-order valence-electron chi connectivity index (χ1n) is 6.31. The molecule has 0 atom stereocenters. The van der Waals surface area contributed by atoms with Crippen molar-refractivity contribution >= 4 is 27.5 Å². The van der Waals surface area contributed by atoms with Crippen molar-refractivity contribution in [3.05, 3.63) is 52.3 Å². The van der Waals surface area contributed by atoms with Crippen LogP contribution < -0.4 is 5.32 Å². The van der Waals surface area contributed by atoms with Crippen molar-refractivity contribution in [1.82, 2.24) is 4.57 Å². The Balaban J connectivity index is 2.21. The molecule has 20 heavy (non-hydrogen) atoms. The summed E-state index contributed by atoms with van der Waals surface area (Å²) in [6.45, 7) is 2.85. The number of benzene rings is 1. The number of aryl methyl sites for hydroxylation is 1. The highest BCUT2D eigenvalue weighted by Crippen LogP contribution is 2.18. The van der Waals surface area contributed by atoms with Gasteiger partial charge in [0.1, 0.15) is 5.69 Å². The number of hydrogen-bond donors (Lipinski definition) is 1. The lowest BCUT2D eigenvalue weighted by molar-refractivity contribution is 0.101. The zero-order chi connectivity index (χ0) is 14.5. The van der Waals surface area contributed by atoms with Crippen LogP contribution in [0.3, 0.4) is 0 Å². The van der Waals surface area contributed by atoms with Gasteiger partial charge in [-0.15, -0.1) is 0 Å². The van der Waals surface area contributed by atoms with Gasteiger partial charge >= 0.3 is 0 Å². The van der Waals surface area contributed by atoms with Gasteiger partial charge in [-0.2, -0.15) is 5.26 Å². The summed E-state index contributed by atoms with van der Waals surface area (Å²) in [5.74, 6) is -0.181. The highest BCUT2D eigenvalue weighted by atomic mass is 79.9. The fourth-order valence-electron chi connectivity index (χ4n) is 1.95. The third-order valence-corrected chi connectivity index (χ3v) is 3.24. The summed E-state index contributed by atoms with van der Waals surface area (Å²) in [4.78, 5) is 12.3. The quantitative estimate of drug-likeness (QED) is 0.926. The fraction of sp³-hybridized carbons (Fsp3) is 0.200. The number of carbonyl (C=O) groups is 1. The number of hydrogen-bond acceptors (Lipinski definition) is 2. The second-order valence-corrected chi connectivity index (χ2v) is 5.30. The minimum absolute atomic E-state index is 0.181. The summed E-state index contributed by atoms with van der Waals surface area (Å²) in [6.07, 6.45) is 2.84. The molecule has 0 aliphatic rings. The van der Waals surface area contributed by atoms with E-state index in [1.54, 1.807) is 30.3 Å². The standard InChI is InChI=1S/C15H14BrN3O/c1-2-6-19-10-12(16)8-14(19)15(20)18-13-5-3-4-11(7-13)9-17/h3-5,7-8,10H,2,6H2,1H3,(H,18,20). The van der Waals surface area contributed by atoms with Gasteiger partial charge in [0.2, 0.25) is 0 Å². The second kappa shape index (κ2) is 6.40. The van der Waals surface area contributed by atoms with Crippen LogP contribution in [0.1, 0.15) is 29.4 Å². The van der Waals surface area contributed by atoms with Crippen LogP contribution in [0.15, 0.2) is 41.0 Å². The van der Waals surface area contributed by atoms with Gasteiger partial charge in [-0.05, 0) is 46.6 Å². The summed E-state index contributed by atoms with van der Waals surface area (Å²) in [5.41, 5.74) is 1.74. The molecule has 2 aromatic rings. The van der Waals surface area contributed by atoms with Crippen molar-refractivity contribution in [3.63, 3.8) is 0 Å².